The van der Waals surface area contributed by atoms with Gasteiger partial charge in [0.2, 0.25) is 5.91 Å². The monoisotopic (exact) mass is 379 g/mol. The van der Waals surface area contributed by atoms with Crippen molar-refractivity contribution in [3.05, 3.63) is 35.9 Å². The van der Waals surface area contributed by atoms with Crippen LogP contribution in [-0.2, 0) is 20.9 Å². The zero-order valence-electron chi connectivity index (χ0n) is 16.1. The van der Waals surface area contributed by atoms with Crippen LogP contribution in [-0.4, -0.2) is 36.3 Å². The van der Waals surface area contributed by atoms with Gasteiger partial charge in [0.05, 0.1) is 0 Å². The van der Waals surface area contributed by atoms with Crippen molar-refractivity contribution in [2.45, 2.75) is 58.3 Å². The molecule has 0 heterocycles. The highest BCUT2D eigenvalue weighted by atomic mass is 16.6. The first-order valence-electron chi connectivity index (χ1n) is 8.91. The number of nitrogens with two attached hydrogens (primary N) is 1. The third kappa shape index (κ3) is 10.7. The zero-order chi connectivity index (χ0) is 20.3. The van der Waals surface area contributed by atoms with E-state index in [0.717, 1.165) is 5.56 Å². The molecule has 1 unspecified atom stereocenters. The molecule has 0 fully saturated rings. The highest BCUT2D eigenvalue weighted by Gasteiger charge is 2.19. The summed E-state index contributed by atoms with van der Waals surface area (Å²) >= 11 is 0. The summed E-state index contributed by atoms with van der Waals surface area (Å²) in [6.07, 6.45) is 0.365. The lowest BCUT2D eigenvalue weighted by molar-refractivity contribution is -0.120. The molecule has 8 nitrogen and oxygen atoms in total. The topological polar surface area (TPSA) is 120 Å². The van der Waals surface area contributed by atoms with Crippen LogP contribution in [0.25, 0.3) is 0 Å². The molecule has 1 atom stereocenters. The molecular weight excluding hydrogens is 350 g/mol. The summed E-state index contributed by atoms with van der Waals surface area (Å²) in [5.74, 6) is -0.633. The lowest BCUT2D eigenvalue weighted by Gasteiger charge is -2.19. The fourth-order valence-electron chi connectivity index (χ4n) is 2.17. The van der Waals surface area contributed by atoms with Crippen LogP contribution in [0.15, 0.2) is 30.3 Å². The highest BCUT2D eigenvalue weighted by Crippen LogP contribution is 2.07. The molecule has 4 N–H and O–H groups in total. The van der Waals surface area contributed by atoms with Gasteiger partial charge in [0.15, 0.2) is 0 Å². The quantitative estimate of drug-likeness (QED) is 0.569. The predicted molar refractivity (Wildman–Crippen MR) is 101 cm³/mol. The van der Waals surface area contributed by atoms with Gasteiger partial charge in [-0.15, -0.1) is 0 Å². The van der Waals surface area contributed by atoms with Crippen molar-refractivity contribution in [1.29, 1.82) is 0 Å². The van der Waals surface area contributed by atoms with Crippen LogP contribution < -0.4 is 16.4 Å². The summed E-state index contributed by atoms with van der Waals surface area (Å²) < 4.78 is 10.2. The number of primary amides is 1. The normalized spacial score (nSPS) is 12.0. The molecule has 1 aromatic carbocycles. The molecular formula is C19H29N3O5. The van der Waals surface area contributed by atoms with Crippen molar-refractivity contribution in [3.8, 4) is 0 Å². The van der Waals surface area contributed by atoms with Crippen molar-refractivity contribution >= 4 is 18.1 Å². The third-order valence-corrected chi connectivity index (χ3v) is 3.44. The number of amides is 3. The zero-order valence-corrected chi connectivity index (χ0v) is 16.1. The molecule has 0 spiro atoms. The molecule has 0 radical (unpaired) electrons. The average molecular weight is 379 g/mol. The number of carbonyl (C=O) groups is 3. The Bertz CT molecular complexity index is 614. The number of alkyl carbamates (subject to hydrolysis) is 2. The minimum absolute atomic E-state index is 0.109. The van der Waals surface area contributed by atoms with Crippen LogP contribution in [0.2, 0.25) is 0 Å². The maximum absolute atomic E-state index is 11.8. The largest absolute Gasteiger partial charge is 0.445 e. The lowest BCUT2D eigenvalue weighted by atomic mass is 10.1. The second-order valence-electron chi connectivity index (χ2n) is 7.09. The molecule has 8 heteroatoms. The number of ether oxygens (including phenoxy) is 2. The van der Waals surface area contributed by atoms with Gasteiger partial charge in [-0.3, -0.25) is 4.79 Å². The van der Waals surface area contributed by atoms with Crippen molar-refractivity contribution in [2.24, 2.45) is 5.73 Å². The van der Waals surface area contributed by atoms with Gasteiger partial charge < -0.3 is 25.8 Å². The Morgan fingerprint density at radius 1 is 1.07 bits per heavy atom. The lowest BCUT2D eigenvalue weighted by Crippen LogP contribution is -2.44. The van der Waals surface area contributed by atoms with Gasteiger partial charge in [-0.05, 0) is 45.6 Å². The van der Waals surface area contributed by atoms with Gasteiger partial charge in [-0.1, -0.05) is 30.3 Å². The van der Waals surface area contributed by atoms with E-state index in [1.54, 1.807) is 20.8 Å². The van der Waals surface area contributed by atoms with E-state index in [2.05, 4.69) is 10.6 Å². The molecule has 0 aliphatic carbocycles. The predicted octanol–water partition coefficient (Wildman–Crippen LogP) is 2.46. The van der Waals surface area contributed by atoms with Crippen LogP contribution in [0.5, 0.6) is 0 Å². The average Bonchev–Trinajstić information content (AvgIpc) is 2.57. The summed E-state index contributed by atoms with van der Waals surface area (Å²) in [7, 11) is 0. The molecule has 1 aromatic rings. The Morgan fingerprint density at radius 3 is 2.33 bits per heavy atom. The molecule has 150 valence electrons. The van der Waals surface area contributed by atoms with Gasteiger partial charge >= 0.3 is 12.2 Å². The molecule has 0 aromatic heterocycles. The molecule has 0 aliphatic heterocycles. The Kier molecular flexibility index (Phi) is 9.12. The minimum Gasteiger partial charge on any atom is -0.445 e. The van der Waals surface area contributed by atoms with Gasteiger partial charge in [-0.2, -0.15) is 0 Å². The molecule has 0 saturated carbocycles. The fourth-order valence-corrected chi connectivity index (χ4v) is 2.17. The number of unbranched alkanes of at least 4 members (excludes halogenated alkanes) is 1. The highest BCUT2D eigenvalue weighted by molar-refractivity contribution is 5.84. The molecule has 0 saturated heterocycles. The molecule has 27 heavy (non-hydrogen) atoms. The summed E-state index contributed by atoms with van der Waals surface area (Å²) in [5.41, 5.74) is 5.62. The summed E-state index contributed by atoms with van der Waals surface area (Å²) in [6.45, 7) is 5.86. The number of hydrogen-bond acceptors (Lipinski definition) is 5. The minimum atomic E-state index is -0.824. The van der Waals surface area contributed by atoms with Crippen LogP contribution in [0.3, 0.4) is 0 Å². The van der Waals surface area contributed by atoms with E-state index < -0.39 is 29.7 Å². The molecule has 0 bridgehead atoms. The van der Waals surface area contributed by atoms with Gasteiger partial charge in [0.25, 0.3) is 0 Å². The van der Waals surface area contributed by atoms with E-state index in [0.29, 0.717) is 25.8 Å². The van der Waals surface area contributed by atoms with Crippen LogP contribution in [0.1, 0.15) is 45.6 Å². The van der Waals surface area contributed by atoms with Gasteiger partial charge in [0.1, 0.15) is 18.2 Å². The van der Waals surface area contributed by atoms with Crippen LogP contribution >= 0.6 is 0 Å². The van der Waals surface area contributed by atoms with Crippen molar-refractivity contribution < 1.29 is 23.9 Å². The van der Waals surface area contributed by atoms with Crippen molar-refractivity contribution in [3.63, 3.8) is 0 Å². The van der Waals surface area contributed by atoms with E-state index in [-0.39, 0.29) is 6.61 Å². The third-order valence-electron chi connectivity index (χ3n) is 3.44. The number of hydrogen-bond donors (Lipinski definition) is 3. The fraction of sp³-hybridized carbons (Fsp3) is 0.526. The van der Waals surface area contributed by atoms with E-state index in [1.165, 1.54) is 0 Å². The van der Waals surface area contributed by atoms with Crippen LogP contribution in [0, 0.1) is 0 Å². The first kappa shape index (κ1) is 22.3. The number of rotatable bonds is 9. The first-order chi connectivity index (χ1) is 12.7. The van der Waals surface area contributed by atoms with E-state index in [9.17, 15) is 14.4 Å². The second-order valence-corrected chi connectivity index (χ2v) is 7.09. The molecule has 0 aliphatic rings. The number of nitrogens with one attached hydrogen (secondary N) is 2. The van der Waals surface area contributed by atoms with Gasteiger partial charge in [0, 0.05) is 6.54 Å². The first-order valence-corrected chi connectivity index (χ1v) is 8.91. The summed E-state index contributed by atoms with van der Waals surface area (Å²) in [6, 6.07) is 8.38. The molecule has 1 rings (SSSR count). The number of benzene rings is 1. The van der Waals surface area contributed by atoms with E-state index in [1.807, 2.05) is 30.3 Å². The Morgan fingerprint density at radius 2 is 1.74 bits per heavy atom. The van der Waals surface area contributed by atoms with Crippen LogP contribution in [0.4, 0.5) is 9.59 Å². The Balaban J connectivity index is 2.26. The van der Waals surface area contributed by atoms with Crippen molar-refractivity contribution in [2.75, 3.05) is 6.54 Å². The summed E-state index contributed by atoms with van der Waals surface area (Å²) in [5, 5.41) is 5.10. The Labute approximate surface area is 159 Å². The Hall–Kier alpha value is -2.77. The van der Waals surface area contributed by atoms with Gasteiger partial charge in [-0.25, -0.2) is 9.59 Å². The standard InChI is InChI=1S/C19H29N3O5/c1-19(2,3)27-17(24)21-12-8-7-11-15(16(20)23)22-18(25)26-13-14-9-5-4-6-10-14/h4-6,9-10,15H,7-8,11-13H2,1-3H3,(H2,20,23)(H,21,24)(H,22,25). The maximum atomic E-state index is 11.8. The summed E-state index contributed by atoms with van der Waals surface area (Å²) in [4.78, 5) is 34.8. The SMILES string of the molecule is CC(C)(C)OC(=O)NCCCCC(NC(=O)OCc1ccccc1)C(N)=O. The van der Waals surface area contributed by atoms with Crippen molar-refractivity contribution in [1.82, 2.24) is 10.6 Å². The maximum Gasteiger partial charge on any atom is 0.408 e. The number of carbonyl (C=O) groups excluding carboxylic acids is 3. The molecule has 3 amide bonds. The smallest absolute Gasteiger partial charge is 0.408 e. The second kappa shape index (κ2) is 11.1. The van der Waals surface area contributed by atoms with E-state index >= 15 is 0 Å². The van der Waals surface area contributed by atoms with E-state index in [4.69, 9.17) is 15.2 Å².